The minimum Gasteiger partial charge on any atom is -0.378 e. The summed E-state index contributed by atoms with van der Waals surface area (Å²) in [7, 11) is 0. The van der Waals surface area contributed by atoms with E-state index in [4.69, 9.17) is 9.73 Å². The normalized spacial score (nSPS) is 22.8. The number of carbonyl (C=O) groups is 2. The fourth-order valence-corrected chi connectivity index (χ4v) is 6.41. The molecule has 39 heavy (non-hydrogen) atoms. The first-order valence-electron chi connectivity index (χ1n) is 13.2. The predicted molar refractivity (Wildman–Crippen MR) is 150 cm³/mol. The van der Waals surface area contributed by atoms with Gasteiger partial charge in [-0.3, -0.25) is 19.5 Å². The van der Waals surface area contributed by atoms with E-state index in [1.807, 2.05) is 33.4 Å². The van der Waals surface area contributed by atoms with Crippen LogP contribution in [0.1, 0.15) is 28.2 Å². The molecule has 2 amide bonds. The van der Waals surface area contributed by atoms with Gasteiger partial charge in [0, 0.05) is 61.4 Å². The molecule has 9 heteroatoms. The maximum atomic E-state index is 13.8. The van der Waals surface area contributed by atoms with Gasteiger partial charge in [0.05, 0.1) is 12.1 Å². The highest BCUT2D eigenvalue weighted by atomic mass is 32.1. The van der Waals surface area contributed by atoms with Gasteiger partial charge in [-0.15, -0.1) is 11.3 Å². The van der Waals surface area contributed by atoms with Crippen molar-refractivity contribution < 1.29 is 14.3 Å². The molecular weight excluding hydrogens is 510 g/mol. The van der Waals surface area contributed by atoms with Gasteiger partial charge in [0.15, 0.2) is 10.5 Å². The fourth-order valence-electron chi connectivity index (χ4n) is 5.81. The standard InChI is InChI=1S/C30H27N5O3S/c36-28(27-32-12-15-39-27)34-13-9-20(17-34)18-35-26(33-30(29(35)37)10-14-38-19-30)23-6-3-21(4-7-23)24-8-5-22-2-1-11-31-25(22)16-24/h1-8,11-12,15-16,20H,9-10,13-14,17-19H2/t20-,30?/m1/s1. The molecule has 7 rings (SSSR count). The highest BCUT2D eigenvalue weighted by Gasteiger charge is 2.51. The number of amides is 2. The predicted octanol–water partition coefficient (Wildman–Crippen LogP) is 4.27. The summed E-state index contributed by atoms with van der Waals surface area (Å²) in [6.07, 6.45) is 4.89. The van der Waals surface area contributed by atoms with Crippen LogP contribution in [-0.2, 0) is 9.53 Å². The summed E-state index contributed by atoms with van der Waals surface area (Å²) in [5, 5.41) is 3.44. The number of fused-ring (bicyclic) bond motifs is 1. The Morgan fingerprint density at radius 2 is 1.90 bits per heavy atom. The average molecular weight is 538 g/mol. The minimum absolute atomic E-state index is 0.00406. The third kappa shape index (κ3) is 4.31. The summed E-state index contributed by atoms with van der Waals surface area (Å²) in [5.74, 6) is 0.838. The lowest BCUT2D eigenvalue weighted by Crippen LogP contribution is -2.45. The van der Waals surface area contributed by atoms with E-state index in [-0.39, 0.29) is 17.7 Å². The zero-order valence-corrected chi connectivity index (χ0v) is 22.1. The number of ether oxygens (including phenoxy) is 1. The van der Waals surface area contributed by atoms with E-state index in [2.05, 4.69) is 46.4 Å². The smallest absolute Gasteiger partial charge is 0.282 e. The molecule has 2 saturated heterocycles. The highest BCUT2D eigenvalue weighted by molar-refractivity contribution is 7.11. The van der Waals surface area contributed by atoms with Crippen LogP contribution in [0.2, 0.25) is 0 Å². The molecule has 2 aromatic carbocycles. The van der Waals surface area contributed by atoms with Crippen molar-refractivity contribution in [1.29, 1.82) is 0 Å². The average Bonchev–Trinajstić information content (AvgIpc) is 3.80. The Bertz CT molecular complexity index is 1580. The molecule has 3 aliphatic heterocycles. The number of aliphatic imine (C=N–C) groups is 1. The second-order valence-corrected chi connectivity index (χ2v) is 11.3. The second kappa shape index (κ2) is 9.66. The Hall–Kier alpha value is -3.95. The zero-order valence-electron chi connectivity index (χ0n) is 21.3. The van der Waals surface area contributed by atoms with Gasteiger partial charge < -0.3 is 9.64 Å². The Balaban J connectivity index is 1.14. The maximum Gasteiger partial charge on any atom is 0.282 e. The van der Waals surface area contributed by atoms with Crippen LogP contribution in [0.15, 0.2) is 77.4 Å². The van der Waals surface area contributed by atoms with Crippen LogP contribution < -0.4 is 0 Å². The number of amidine groups is 1. The van der Waals surface area contributed by atoms with Crippen molar-refractivity contribution in [1.82, 2.24) is 19.8 Å². The Morgan fingerprint density at radius 1 is 1.05 bits per heavy atom. The number of benzene rings is 2. The van der Waals surface area contributed by atoms with E-state index in [1.54, 1.807) is 12.4 Å². The molecule has 1 spiro atoms. The fraction of sp³-hybridized carbons (Fsp3) is 0.300. The molecule has 0 N–H and O–H groups in total. The molecule has 8 nitrogen and oxygen atoms in total. The number of rotatable bonds is 5. The number of pyridine rings is 1. The maximum absolute atomic E-state index is 13.8. The van der Waals surface area contributed by atoms with Crippen LogP contribution in [0.4, 0.5) is 0 Å². The number of aromatic nitrogens is 2. The van der Waals surface area contributed by atoms with Crippen molar-refractivity contribution in [2.75, 3.05) is 32.8 Å². The molecular formula is C30H27N5O3S. The monoisotopic (exact) mass is 537 g/mol. The zero-order chi connectivity index (χ0) is 26.4. The number of hydrogen-bond donors (Lipinski definition) is 0. The van der Waals surface area contributed by atoms with E-state index in [1.165, 1.54) is 11.3 Å². The summed E-state index contributed by atoms with van der Waals surface area (Å²) in [6.45, 7) is 2.65. The number of likely N-dealkylation sites (tertiary alicyclic amines) is 1. The molecule has 1 unspecified atom stereocenters. The van der Waals surface area contributed by atoms with E-state index >= 15 is 0 Å². The number of hydrogen-bond acceptors (Lipinski definition) is 7. The van der Waals surface area contributed by atoms with Crippen molar-refractivity contribution in [2.24, 2.45) is 10.9 Å². The van der Waals surface area contributed by atoms with Crippen LogP contribution in [0.25, 0.3) is 22.0 Å². The molecule has 0 saturated carbocycles. The molecule has 0 bridgehead atoms. The SMILES string of the molecule is O=C(c1nccs1)N1CC[C@@H](CN2C(=O)C3(CCOC3)N=C2c2ccc(-c3ccc4cccnc4c3)cc2)C1. The van der Waals surface area contributed by atoms with Gasteiger partial charge in [0.2, 0.25) is 0 Å². The first-order chi connectivity index (χ1) is 19.1. The van der Waals surface area contributed by atoms with Crippen molar-refractivity contribution in [3.63, 3.8) is 0 Å². The largest absolute Gasteiger partial charge is 0.378 e. The van der Waals surface area contributed by atoms with Crippen molar-refractivity contribution in [3.8, 4) is 11.1 Å². The van der Waals surface area contributed by atoms with E-state index in [9.17, 15) is 9.59 Å². The summed E-state index contributed by atoms with van der Waals surface area (Å²) in [5.41, 5.74) is 3.19. The molecule has 4 aromatic rings. The molecule has 2 aromatic heterocycles. The lowest BCUT2D eigenvalue weighted by atomic mass is 9.98. The summed E-state index contributed by atoms with van der Waals surface area (Å²) in [6, 6.07) is 18.5. The van der Waals surface area contributed by atoms with E-state index in [0.29, 0.717) is 50.1 Å². The Kier molecular flexibility index (Phi) is 5.97. The summed E-state index contributed by atoms with van der Waals surface area (Å²) in [4.78, 5) is 43.9. The number of carbonyl (C=O) groups excluding carboxylic acids is 2. The van der Waals surface area contributed by atoms with Crippen LogP contribution >= 0.6 is 11.3 Å². The van der Waals surface area contributed by atoms with Gasteiger partial charge in [-0.05, 0) is 35.6 Å². The highest BCUT2D eigenvalue weighted by Crippen LogP contribution is 2.35. The summed E-state index contributed by atoms with van der Waals surface area (Å²) >= 11 is 1.36. The quantitative estimate of drug-likeness (QED) is 0.380. The van der Waals surface area contributed by atoms with Crippen molar-refractivity contribution in [2.45, 2.75) is 18.4 Å². The molecule has 2 fully saturated rings. The van der Waals surface area contributed by atoms with Gasteiger partial charge in [-0.2, -0.15) is 0 Å². The topological polar surface area (TPSA) is 88.0 Å². The minimum atomic E-state index is -0.840. The van der Waals surface area contributed by atoms with Crippen LogP contribution in [0.3, 0.4) is 0 Å². The molecule has 196 valence electrons. The molecule has 0 radical (unpaired) electrons. The lowest BCUT2D eigenvalue weighted by Gasteiger charge is -2.25. The van der Waals surface area contributed by atoms with Crippen LogP contribution in [0.5, 0.6) is 0 Å². The van der Waals surface area contributed by atoms with Gasteiger partial charge in [-0.1, -0.05) is 42.5 Å². The van der Waals surface area contributed by atoms with Gasteiger partial charge in [-0.25, -0.2) is 9.98 Å². The molecule has 5 heterocycles. The molecule has 3 aliphatic rings. The first-order valence-corrected chi connectivity index (χ1v) is 14.1. The van der Waals surface area contributed by atoms with Gasteiger partial charge >= 0.3 is 0 Å². The molecule has 2 atom stereocenters. The van der Waals surface area contributed by atoms with Crippen LogP contribution in [-0.4, -0.2) is 75.8 Å². The second-order valence-electron chi connectivity index (χ2n) is 10.4. The van der Waals surface area contributed by atoms with Gasteiger partial charge in [0.1, 0.15) is 5.84 Å². The van der Waals surface area contributed by atoms with E-state index < -0.39 is 5.54 Å². The summed E-state index contributed by atoms with van der Waals surface area (Å²) < 4.78 is 5.64. The van der Waals surface area contributed by atoms with E-state index in [0.717, 1.165) is 34.0 Å². The third-order valence-corrected chi connectivity index (χ3v) is 8.69. The molecule has 0 aliphatic carbocycles. The number of thiazole rings is 1. The lowest BCUT2D eigenvalue weighted by molar-refractivity contribution is -0.131. The van der Waals surface area contributed by atoms with Gasteiger partial charge in [0.25, 0.3) is 11.8 Å². The van der Waals surface area contributed by atoms with Crippen molar-refractivity contribution >= 4 is 39.9 Å². The third-order valence-electron chi connectivity index (χ3n) is 7.93. The Morgan fingerprint density at radius 3 is 2.69 bits per heavy atom. The van der Waals surface area contributed by atoms with Crippen molar-refractivity contribution in [3.05, 3.63) is 82.9 Å². The first kappa shape index (κ1) is 24.1. The number of nitrogens with zero attached hydrogens (tertiary/aromatic N) is 5. The Labute approximate surface area is 230 Å². The van der Waals surface area contributed by atoms with Crippen LogP contribution in [0, 0.1) is 5.92 Å².